The molecule has 3 aliphatic heterocycles. The number of aliphatic hydroxyl groups excluding tert-OH is 1. The molecule has 3 fully saturated rings. The lowest BCUT2D eigenvalue weighted by atomic mass is 9.86. The number of carboxylic acids is 1. The Kier molecular flexibility index (Phi) is 13.3. The first kappa shape index (κ1) is 42.2. The number of piperidine rings is 3. The molecule has 1 amide bonds. The summed E-state index contributed by atoms with van der Waals surface area (Å²) in [5.41, 5.74) is 6.39. The smallest absolute Gasteiger partial charge is 0.408 e. The third-order valence-electron chi connectivity index (χ3n) is 12.1. The maximum atomic E-state index is 13.3. The van der Waals surface area contributed by atoms with Crippen LogP contribution in [0.4, 0.5) is 4.79 Å². The second kappa shape index (κ2) is 19.5. The molecule has 3 saturated heterocycles. The van der Waals surface area contributed by atoms with Crippen LogP contribution < -0.4 is 20.9 Å². The average Bonchev–Trinajstić information content (AvgIpc) is 3.29. The SMILES string of the molecule is O=C(N[C@@H](c1ccccc1)c1cccc(OCc2ccc(C(=O)O)c(CCCc3ccc(CNCC(O)c4ccc(O)c5[nH]c(=O)ccc45)cc3)c2)c1)OC1CN2CCC1CC2. The van der Waals surface area contributed by atoms with Gasteiger partial charge in [0.15, 0.2) is 0 Å². The number of carbonyl (C=O) groups excluding carboxylic acids is 1. The van der Waals surface area contributed by atoms with Crippen LogP contribution in [-0.4, -0.2) is 69.5 Å². The summed E-state index contributed by atoms with van der Waals surface area (Å²) < 4.78 is 12.3. The van der Waals surface area contributed by atoms with E-state index in [1.165, 1.54) is 12.1 Å². The topological polar surface area (TPSA) is 173 Å². The van der Waals surface area contributed by atoms with Crippen molar-refractivity contribution >= 4 is 23.0 Å². The zero-order chi connectivity index (χ0) is 43.0. The molecule has 9 rings (SSSR count). The van der Waals surface area contributed by atoms with Gasteiger partial charge in [0.2, 0.25) is 5.56 Å². The number of aryl methyl sites for hydroxylation is 2. The van der Waals surface area contributed by atoms with Gasteiger partial charge in [0.25, 0.3) is 0 Å². The molecular weight excluding hydrogens is 785 g/mol. The van der Waals surface area contributed by atoms with Gasteiger partial charge in [-0.25, -0.2) is 9.59 Å². The highest BCUT2D eigenvalue weighted by Crippen LogP contribution is 2.32. The fraction of sp³-hybridized carbons (Fsp3) is 0.300. The number of phenols is 1. The minimum Gasteiger partial charge on any atom is -0.506 e. The Bertz CT molecular complexity index is 2550. The Morgan fingerprint density at radius 1 is 0.823 bits per heavy atom. The van der Waals surface area contributed by atoms with Crippen LogP contribution in [0.2, 0.25) is 0 Å². The zero-order valence-corrected chi connectivity index (χ0v) is 34.5. The number of carbonyl (C=O) groups is 2. The molecule has 0 radical (unpaired) electrons. The third kappa shape index (κ3) is 10.3. The molecular formula is C50H52N4O8. The first-order valence-electron chi connectivity index (χ1n) is 21.3. The van der Waals surface area contributed by atoms with Crippen LogP contribution in [0.3, 0.4) is 0 Å². The predicted octanol–water partition coefficient (Wildman–Crippen LogP) is 7.42. The van der Waals surface area contributed by atoms with E-state index >= 15 is 0 Å². The number of rotatable bonds is 17. The van der Waals surface area contributed by atoms with Gasteiger partial charge in [-0.2, -0.15) is 0 Å². The van der Waals surface area contributed by atoms with Crippen LogP contribution in [0.1, 0.15) is 80.7 Å². The lowest BCUT2D eigenvalue weighted by molar-refractivity contribution is -0.0336. The number of aromatic carboxylic acids is 1. The number of alkyl carbamates (subject to hydrolysis) is 1. The second-order valence-corrected chi connectivity index (χ2v) is 16.3. The molecule has 2 bridgehead atoms. The minimum atomic E-state index is -0.970. The van der Waals surface area contributed by atoms with E-state index < -0.39 is 24.2 Å². The van der Waals surface area contributed by atoms with Crippen molar-refractivity contribution in [1.82, 2.24) is 20.5 Å². The second-order valence-electron chi connectivity index (χ2n) is 16.3. The van der Waals surface area contributed by atoms with E-state index in [-0.39, 0.29) is 36.1 Å². The summed E-state index contributed by atoms with van der Waals surface area (Å²) in [6.07, 6.45) is 2.81. The molecule has 320 valence electrons. The first-order valence-corrected chi connectivity index (χ1v) is 21.3. The lowest BCUT2D eigenvalue weighted by Crippen LogP contribution is -2.52. The van der Waals surface area contributed by atoms with Crippen LogP contribution in [0.15, 0.2) is 126 Å². The van der Waals surface area contributed by atoms with Crippen molar-refractivity contribution in [1.29, 1.82) is 0 Å². The first-order chi connectivity index (χ1) is 30.2. The molecule has 12 heteroatoms. The number of phenolic OH excluding ortho intramolecular Hbond substituents is 1. The van der Waals surface area contributed by atoms with Crippen LogP contribution >= 0.6 is 0 Å². The van der Waals surface area contributed by atoms with Crippen molar-refractivity contribution in [3.63, 3.8) is 0 Å². The van der Waals surface area contributed by atoms with Crippen LogP contribution in [0, 0.1) is 5.92 Å². The van der Waals surface area contributed by atoms with E-state index in [9.17, 15) is 29.7 Å². The van der Waals surface area contributed by atoms with Crippen LogP contribution in [-0.2, 0) is 30.7 Å². The molecule has 62 heavy (non-hydrogen) atoms. The normalized spacial score (nSPS) is 17.9. The van der Waals surface area contributed by atoms with Gasteiger partial charge in [0.05, 0.1) is 23.2 Å². The molecule has 1 aromatic heterocycles. The van der Waals surface area contributed by atoms with Crippen LogP contribution in [0.25, 0.3) is 10.9 Å². The van der Waals surface area contributed by atoms with Gasteiger partial charge in [0.1, 0.15) is 24.2 Å². The Morgan fingerprint density at radius 3 is 2.34 bits per heavy atom. The van der Waals surface area contributed by atoms with Gasteiger partial charge in [-0.15, -0.1) is 0 Å². The van der Waals surface area contributed by atoms with Gasteiger partial charge >= 0.3 is 12.1 Å². The molecule has 4 heterocycles. The fourth-order valence-electron chi connectivity index (χ4n) is 8.76. The molecule has 5 aromatic carbocycles. The number of amides is 1. The minimum absolute atomic E-state index is 0.0517. The summed E-state index contributed by atoms with van der Waals surface area (Å²) in [4.78, 5) is 42.2. The number of aromatic amines is 1. The van der Waals surface area contributed by atoms with E-state index in [2.05, 4.69) is 32.7 Å². The van der Waals surface area contributed by atoms with Crippen molar-refractivity contribution in [2.45, 2.75) is 63.5 Å². The summed E-state index contributed by atoms with van der Waals surface area (Å²) >= 11 is 0. The summed E-state index contributed by atoms with van der Waals surface area (Å²) in [5.74, 6) is 0.00744. The average molecular weight is 837 g/mol. The van der Waals surface area contributed by atoms with E-state index in [0.717, 1.165) is 78.7 Å². The largest absolute Gasteiger partial charge is 0.506 e. The van der Waals surface area contributed by atoms with E-state index in [1.54, 1.807) is 24.3 Å². The molecule has 3 aliphatic rings. The third-order valence-corrected chi connectivity index (χ3v) is 12.1. The molecule has 0 aliphatic carbocycles. The van der Waals surface area contributed by atoms with Gasteiger partial charge < -0.3 is 40.4 Å². The summed E-state index contributed by atoms with van der Waals surface area (Å²) in [5, 5.41) is 38.0. The number of aromatic nitrogens is 1. The number of carboxylic acid groups (broad SMARTS) is 1. The van der Waals surface area contributed by atoms with Gasteiger partial charge in [0, 0.05) is 31.1 Å². The van der Waals surface area contributed by atoms with Crippen LogP contribution in [0.5, 0.6) is 11.5 Å². The molecule has 6 aromatic rings. The number of ether oxygens (including phenoxy) is 2. The predicted molar refractivity (Wildman–Crippen MR) is 236 cm³/mol. The summed E-state index contributed by atoms with van der Waals surface area (Å²) in [6, 6.07) is 36.6. The Balaban J connectivity index is 0.845. The number of aromatic hydroxyl groups is 1. The Hall–Kier alpha value is -6.47. The zero-order valence-electron chi connectivity index (χ0n) is 34.5. The molecule has 3 atom stereocenters. The monoisotopic (exact) mass is 836 g/mol. The van der Waals surface area contributed by atoms with Gasteiger partial charge in [-0.1, -0.05) is 84.9 Å². The van der Waals surface area contributed by atoms with E-state index in [0.29, 0.717) is 41.1 Å². The molecule has 0 saturated carbocycles. The van der Waals surface area contributed by atoms with E-state index in [4.69, 9.17) is 9.47 Å². The maximum absolute atomic E-state index is 13.3. The number of nitrogens with zero attached hydrogens (tertiary/aromatic N) is 1. The number of nitrogens with one attached hydrogen (secondary N) is 3. The van der Waals surface area contributed by atoms with E-state index in [1.807, 2.05) is 72.8 Å². The molecule has 6 N–H and O–H groups in total. The number of H-pyrrole nitrogens is 1. The van der Waals surface area contributed by atoms with Gasteiger partial charge in [-0.3, -0.25) is 9.69 Å². The van der Waals surface area contributed by atoms with Gasteiger partial charge in [-0.05, 0) is 120 Å². The number of aliphatic hydroxyl groups is 1. The fourth-order valence-corrected chi connectivity index (χ4v) is 8.76. The highest BCUT2D eigenvalue weighted by atomic mass is 16.6. The number of benzene rings is 5. The highest BCUT2D eigenvalue weighted by molar-refractivity contribution is 5.89. The maximum Gasteiger partial charge on any atom is 0.408 e. The summed E-state index contributed by atoms with van der Waals surface area (Å²) in [7, 11) is 0. The quantitative estimate of drug-likeness (QED) is 0.0543. The number of hydrogen-bond donors (Lipinski definition) is 6. The lowest BCUT2D eigenvalue weighted by Gasteiger charge is -2.43. The Morgan fingerprint density at radius 2 is 1.58 bits per heavy atom. The van der Waals surface area contributed by atoms with Crippen molar-refractivity contribution < 1.29 is 34.4 Å². The highest BCUT2D eigenvalue weighted by Gasteiger charge is 2.37. The molecule has 0 spiro atoms. The van der Waals surface area contributed by atoms with Crippen molar-refractivity contribution in [2.75, 3.05) is 26.2 Å². The summed E-state index contributed by atoms with van der Waals surface area (Å²) in [6.45, 7) is 3.96. The van der Waals surface area contributed by atoms with Crippen molar-refractivity contribution in [3.05, 3.63) is 176 Å². The molecule has 12 nitrogen and oxygen atoms in total. The van der Waals surface area contributed by atoms with Crippen molar-refractivity contribution in [3.8, 4) is 11.5 Å². The van der Waals surface area contributed by atoms with Crippen molar-refractivity contribution in [2.24, 2.45) is 5.92 Å². The molecule has 2 unspecified atom stereocenters. The number of hydrogen-bond acceptors (Lipinski definition) is 9. The number of pyridine rings is 1. The standard InChI is InChI=1S/C50H52N4O8/c55-43-20-18-41(42-19-21-46(57)52-48(42)43)44(56)29-51-28-33-14-12-32(13-15-33)6-4-9-37-26-34(16-17-40(37)49(58)59)31-61-39-11-5-10-38(27-39)47(36-7-2-1-3-8-36)53-50(60)62-45-30-54-24-22-35(45)23-25-54/h1-3,5,7-8,10-21,26-27,35,44-45,47,51,55-56H,4,6,9,22-25,28-31H2,(H,52,57)(H,53,60)(H,58,59)/t44?,45?,47-/m0/s1. The number of fused-ring (bicyclic) bond motifs is 4. The Labute approximate surface area is 360 Å².